The minimum Gasteiger partial charge on any atom is -0.299 e. The highest BCUT2D eigenvalue weighted by Gasteiger charge is 2.44. The summed E-state index contributed by atoms with van der Waals surface area (Å²) in [6.07, 6.45) is 2.62. The molecule has 13 heavy (non-hydrogen) atoms. The third-order valence-corrected chi connectivity index (χ3v) is 4.07. The first-order chi connectivity index (χ1) is 6.12. The summed E-state index contributed by atoms with van der Waals surface area (Å²) in [4.78, 5) is 12.7. The zero-order chi connectivity index (χ0) is 9.47. The molecule has 1 saturated carbocycles. The molecule has 1 nitrogen and oxygen atoms in total. The Morgan fingerprint density at radius 1 is 1.69 bits per heavy atom. The molecule has 0 N–H and O–H groups in total. The second-order valence-corrected chi connectivity index (χ2v) is 5.26. The fourth-order valence-corrected chi connectivity index (χ4v) is 2.38. The number of hydrogen-bond acceptors (Lipinski definition) is 2. The lowest BCUT2D eigenvalue weighted by Gasteiger charge is -2.05. The number of ketones is 1. The van der Waals surface area contributed by atoms with Crippen LogP contribution in [-0.4, -0.2) is 5.78 Å². The Morgan fingerprint density at radius 2 is 2.38 bits per heavy atom. The molecule has 0 unspecified atom stereocenters. The molecule has 0 aliphatic heterocycles. The number of carbonyl (C=O) groups excluding carboxylic acids is 1. The summed E-state index contributed by atoms with van der Waals surface area (Å²) in [5.41, 5.74) is -0.0205. The first-order valence-corrected chi connectivity index (χ1v) is 5.63. The highest BCUT2D eigenvalue weighted by Crippen LogP contribution is 2.46. The second kappa shape index (κ2) is 3.10. The monoisotopic (exact) mass is 214 g/mol. The van der Waals surface area contributed by atoms with Crippen LogP contribution in [0.2, 0.25) is 5.02 Å². The van der Waals surface area contributed by atoms with Gasteiger partial charge in [-0.1, -0.05) is 18.5 Å². The van der Waals surface area contributed by atoms with Crippen molar-refractivity contribution in [3.05, 3.63) is 21.3 Å². The van der Waals surface area contributed by atoms with Gasteiger partial charge in [-0.05, 0) is 24.3 Å². The normalized spacial score (nSPS) is 18.6. The topological polar surface area (TPSA) is 17.1 Å². The van der Waals surface area contributed by atoms with Crippen LogP contribution in [0.3, 0.4) is 0 Å². The predicted molar refractivity (Wildman–Crippen MR) is 55.4 cm³/mol. The number of Topliss-reactive ketones (excluding diaryl/α,β-unsaturated/α-hetero) is 1. The lowest BCUT2D eigenvalue weighted by atomic mass is 10.0. The summed E-state index contributed by atoms with van der Waals surface area (Å²) in [7, 11) is 0. The van der Waals surface area contributed by atoms with Crippen molar-refractivity contribution in [2.45, 2.75) is 26.2 Å². The molecular weight excluding hydrogens is 204 g/mol. The zero-order valence-corrected chi connectivity index (χ0v) is 9.04. The third kappa shape index (κ3) is 1.79. The summed E-state index contributed by atoms with van der Waals surface area (Å²) in [5.74, 6) is 0.344. The number of carbonyl (C=O) groups is 1. The number of rotatable bonds is 3. The first-order valence-electron chi connectivity index (χ1n) is 4.37. The van der Waals surface area contributed by atoms with Crippen LogP contribution in [0, 0.1) is 5.41 Å². The molecule has 0 bridgehead atoms. The smallest absolute Gasteiger partial charge is 0.143 e. The van der Waals surface area contributed by atoms with Crippen molar-refractivity contribution in [1.82, 2.24) is 0 Å². The van der Waals surface area contributed by atoms with Gasteiger partial charge in [-0.15, -0.1) is 11.3 Å². The second-order valence-electron chi connectivity index (χ2n) is 3.85. The van der Waals surface area contributed by atoms with Crippen LogP contribution in [0.25, 0.3) is 0 Å². The lowest BCUT2D eigenvalue weighted by Crippen LogP contribution is -2.13. The Hall–Kier alpha value is -0.340. The fourth-order valence-electron chi connectivity index (χ4n) is 1.28. The molecule has 0 atom stereocenters. The fraction of sp³-hybridized carbons (Fsp3) is 0.500. The van der Waals surface area contributed by atoms with Gasteiger partial charge in [-0.3, -0.25) is 4.79 Å². The maximum atomic E-state index is 11.7. The van der Waals surface area contributed by atoms with Gasteiger partial charge >= 0.3 is 0 Å². The van der Waals surface area contributed by atoms with Gasteiger partial charge in [0.25, 0.3) is 0 Å². The largest absolute Gasteiger partial charge is 0.299 e. The van der Waals surface area contributed by atoms with Crippen molar-refractivity contribution < 1.29 is 4.79 Å². The van der Waals surface area contributed by atoms with E-state index in [9.17, 15) is 4.79 Å². The molecule has 1 aliphatic carbocycles. The van der Waals surface area contributed by atoms with Gasteiger partial charge in [0.15, 0.2) is 0 Å². The molecule has 2 rings (SSSR count). The van der Waals surface area contributed by atoms with Crippen molar-refractivity contribution in [3.63, 3.8) is 0 Å². The molecule has 0 amide bonds. The van der Waals surface area contributed by atoms with Crippen molar-refractivity contribution in [3.8, 4) is 0 Å². The van der Waals surface area contributed by atoms with E-state index in [1.807, 2.05) is 18.4 Å². The lowest BCUT2D eigenvalue weighted by molar-refractivity contribution is -0.122. The summed E-state index contributed by atoms with van der Waals surface area (Å²) >= 11 is 7.48. The molecule has 3 heteroatoms. The highest BCUT2D eigenvalue weighted by atomic mass is 35.5. The average Bonchev–Trinajstić information content (AvgIpc) is 2.72. The zero-order valence-electron chi connectivity index (χ0n) is 7.47. The molecule has 1 aromatic heterocycles. The molecule has 1 aliphatic rings. The molecule has 0 aromatic carbocycles. The van der Waals surface area contributed by atoms with E-state index in [2.05, 4.69) is 0 Å². The molecule has 70 valence electrons. The van der Waals surface area contributed by atoms with Gasteiger partial charge in [0.1, 0.15) is 5.78 Å². The van der Waals surface area contributed by atoms with Crippen LogP contribution in [0.5, 0.6) is 0 Å². The Balaban J connectivity index is 2.06. The van der Waals surface area contributed by atoms with E-state index in [0.717, 1.165) is 22.7 Å². The first kappa shape index (κ1) is 9.22. The van der Waals surface area contributed by atoms with Crippen LogP contribution in [0.1, 0.15) is 24.6 Å². The molecule has 1 heterocycles. The SMILES string of the molecule is CC1(C(=O)Cc2sccc2Cl)CC1. The van der Waals surface area contributed by atoms with Crippen molar-refractivity contribution in [2.24, 2.45) is 5.41 Å². The van der Waals surface area contributed by atoms with E-state index in [1.165, 1.54) is 0 Å². The molecule has 1 aromatic rings. The maximum Gasteiger partial charge on any atom is 0.143 e. The minimum absolute atomic E-state index is 0.0205. The Labute approximate surface area is 86.7 Å². The molecule has 0 saturated heterocycles. The standard InChI is InChI=1S/C10H11ClOS/c1-10(3-4-10)9(12)6-8-7(11)2-5-13-8/h2,5H,3-4,6H2,1H3. The van der Waals surface area contributed by atoms with Gasteiger partial charge in [0.2, 0.25) is 0 Å². The highest BCUT2D eigenvalue weighted by molar-refractivity contribution is 7.10. The third-order valence-electron chi connectivity index (χ3n) is 2.69. The molecule has 1 fully saturated rings. The number of halogens is 1. The van der Waals surface area contributed by atoms with Crippen LogP contribution in [0.4, 0.5) is 0 Å². The van der Waals surface area contributed by atoms with Gasteiger partial charge in [-0.25, -0.2) is 0 Å². The summed E-state index contributed by atoms with van der Waals surface area (Å²) in [6.45, 7) is 2.04. The van der Waals surface area contributed by atoms with Crippen molar-refractivity contribution in [1.29, 1.82) is 0 Å². The summed E-state index contributed by atoms with van der Waals surface area (Å²) in [5, 5.41) is 2.67. The van der Waals surface area contributed by atoms with Gasteiger partial charge in [0.05, 0.1) is 5.02 Å². The summed E-state index contributed by atoms with van der Waals surface area (Å²) < 4.78 is 0. The van der Waals surface area contributed by atoms with Gasteiger partial charge in [-0.2, -0.15) is 0 Å². The molecular formula is C10H11ClOS. The maximum absolute atomic E-state index is 11.7. The minimum atomic E-state index is -0.0205. The predicted octanol–water partition coefficient (Wildman–Crippen LogP) is 3.31. The Kier molecular flexibility index (Phi) is 2.20. The van der Waals surface area contributed by atoms with Crippen LogP contribution >= 0.6 is 22.9 Å². The van der Waals surface area contributed by atoms with Gasteiger partial charge < -0.3 is 0 Å². The Morgan fingerprint density at radius 3 is 2.85 bits per heavy atom. The van der Waals surface area contributed by atoms with E-state index in [1.54, 1.807) is 11.3 Å². The van der Waals surface area contributed by atoms with E-state index in [4.69, 9.17) is 11.6 Å². The average molecular weight is 215 g/mol. The van der Waals surface area contributed by atoms with Crippen LogP contribution in [-0.2, 0) is 11.2 Å². The number of thiophene rings is 1. The van der Waals surface area contributed by atoms with Gasteiger partial charge in [0, 0.05) is 16.7 Å². The molecule has 0 spiro atoms. The quantitative estimate of drug-likeness (QED) is 0.755. The van der Waals surface area contributed by atoms with E-state index in [0.29, 0.717) is 12.2 Å². The summed E-state index contributed by atoms with van der Waals surface area (Å²) in [6, 6.07) is 1.85. The Bertz CT molecular complexity index is 338. The van der Waals surface area contributed by atoms with Crippen molar-refractivity contribution >= 4 is 28.7 Å². The van der Waals surface area contributed by atoms with Crippen LogP contribution in [0.15, 0.2) is 11.4 Å². The van der Waals surface area contributed by atoms with Crippen LogP contribution < -0.4 is 0 Å². The van der Waals surface area contributed by atoms with E-state index >= 15 is 0 Å². The molecule has 0 radical (unpaired) electrons. The van der Waals surface area contributed by atoms with E-state index in [-0.39, 0.29) is 5.41 Å². The van der Waals surface area contributed by atoms with E-state index < -0.39 is 0 Å². The van der Waals surface area contributed by atoms with Crippen molar-refractivity contribution in [2.75, 3.05) is 0 Å². The number of hydrogen-bond donors (Lipinski definition) is 0.